The van der Waals surface area contributed by atoms with Crippen molar-refractivity contribution in [1.29, 1.82) is 0 Å². The lowest BCUT2D eigenvalue weighted by molar-refractivity contribution is -0.136. The molecule has 0 radical (unpaired) electrons. The monoisotopic (exact) mass is 285 g/mol. The SMILES string of the molecule is O=C(O)CCc1ccccc1NC(=O)c1ccc(O)cc1. The number of phenolic OH excluding ortho intramolecular Hbond substituents is 1. The fourth-order valence-corrected chi connectivity index (χ4v) is 1.91. The lowest BCUT2D eigenvalue weighted by atomic mass is 10.1. The number of nitrogens with one attached hydrogen (secondary N) is 1. The first-order chi connectivity index (χ1) is 10.1. The van der Waals surface area contributed by atoms with Crippen LogP contribution in [0.1, 0.15) is 22.3 Å². The Morgan fingerprint density at radius 1 is 1.00 bits per heavy atom. The van der Waals surface area contributed by atoms with E-state index in [1.165, 1.54) is 24.3 Å². The zero-order valence-electron chi connectivity index (χ0n) is 11.2. The van der Waals surface area contributed by atoms with E-state index in [0.29, 0.717) is 17.7 Å². The van der Waals surface area contributed by atoms with Gasteiger partial charge in [-0.05, 0) is 42.3 Å². The summed E-state index contributed by atoms with van der Waals surface area (Å²) in [6.45, 7) is 0. The van der Waals surface area contributed by atoms with Crippen molar-refractivity contribution in [2.24, 2.45) is 0 Å². The molecule has 2 aromatic rings. The van der Waals surface area contributed by atoms with Gasteiger partial charge < -0.3 is 15.5 Å². The molecule has 5 heteroatoms. The van der Waals surface area contributed by atoms with Gasteiger partial charge in [-0.15, -0.1) is 0 Å². The number of para-hydroxylation sites is 1. The summed E-state index contributed by atoms with van der Waals surface area (Å²) in [5, 5.41) is 20.7. The van der Waals surface area contributed by atoms with E-state index in [-0.39, 0.29) is 18.1 Å². The molecule has 0 aliphatic carbocycles. The Labute approximate surface area is 121 Å². The third kappa shape index (κ3) is 4.07. The maximum atomic E-state index is 12.1. The number of aryl methyl sites for hydroxylation is 1. The van der Waals surface area contributed by atoms with Crippen LogP contribution in [0.25, 0.3) is 0 Å². The van der Waals surface area contributed by atoms with E-state index in [0.717, 1.165) is 5.56 Å². The summed E-state index contributed by atoms with van der Waals surface area (Å²) < 4.78 is 0. The molecule has 0 heterocycles. The third-order valence-electron chi connectivity index (χ3n) is 3.00. The summed E-state index contributed by atoms with van der Waals surface area (Å²) in [6.07, 6.45) is 0.355. The quantitative estimate of drug-likeness (QED) is 0.788. The number of carbonyl (C=O) groups excluding carboxylic acids is 1. The van der Waals surface area contributed by atoms with E-state index in [9.17, 15) is 14.7 Å². The van der Waals surface area contributed by atoms with Gasteiger partial charge in [0.2, 0.25) is 0 Å². The van der Waals surface area contributed by atoms with Gasteiger partial charge in [0.05, 0.1) is 0 Å². The van der Waals surface area contributed by atoms with Gasteiger partial charge in [0.15, 0.2) is 0 Å². The van der Waals surface area contributed by atoms with Crippen LogP contribution < -0.4 is 5.32 Å². The van der Waals surface area contributed by atoms with Crippen molar-refractivity contribution >= 4 is 17.6 Å². The summed E-state index contributed by atoms with van der Waals surface area (Å²) in [4.78, 5) is 22.8. The van der Waals surface area contributed by atoms with Crippen LogP contribution in [0.15, 0.2) is 48.5 Å². The van der Waals surface area contributed by atoms with E-state index >= 15 is 0 Å². The number of hydrogen-bond donors (Lipinski definition) is 3. The van der Waals surface area contributed by atoms with Gasteiger partial charge in [0.1, 0.15) is 5.75 Å². The molecule has 3 N–H and O–H groups in total. The predicted octanol–water partition coefficient (Wildman–Crippen LogP) is 2.66. The summed E-state index contributed by atoms with van der Waals surface area (Å²) in [5.41, 5.74) is 1.78. The highest BCUT2D eigenvalue weighted by Crippen LogP contribution is 2.18. The van der Waals surface area contributed by atoms with Crippen LogP contribution in [0.3, 0.4) is 0 Å². The predicted molar refractivity (Wildman–Crippen MR) is 78.5 cm³/mol. The number of benzene rings is 2. The standard InChI is InChI=1S/C16H15NO4/c18-13-8-5-12(6-9-13)16(21)17-14-4-2-1-3-11(14)7-10-15(19)20/h1-6,8-9,18H,7,10H2,(H,17,21)(H,19,20). The number of hydrogen-bond acceptors (Lipinski definition) is 3. The van der Waals surface area contributed by atoms with Crippen LogP contribution in [0, 0.1) is 0 Å². The first-order valence-electron chi connectivity index (χ1n) is 6.46. The summed E-state index contributed by atoms with van der Waals surface area (Å²) in [5.74, 6) is -1.10. The smallest absolute Gasteiger partial charge is 0.303 e. The second kappa shape index (κ2) is 6.56. The van der Waals surface area contributed by atoms with Crippen molar-refractivity contribution in [1.82, 2.24) is 0 Å². The molecular formula is C16H15NO4. The van der Waals surface area contributed by atoms with E-state index in [1.54, 1.807) is 24.3 Å². The van der Waals surface area contributed by atoms with Gasteiger partial charge in [-0.3, -0.25) is 9.59 Å². The minimum Gasteiger partial charge on any atom is -0.508 e. The van der Waals surface area contributed by atoms with E-state index in [2.05, 4.69) is 5.32 Å². The minimum atomic E-state index is -0.880. The molecule has 21 heavy (non-hydrogen) atoms. The lowest BCUT2D eigenvalue weighted by Gasteiger charge is -2.10. The second-order valence-electron chi connectivity index (χ2n) is 4.55. The zero-order valence-corrected chi connectivity index (χ0v) is 11.2. The Balaban J connectivity index is 2.13. The lowest BCUT2D eigenvalue weighted by Crippen LogP contribution is -2.13. The van der Waals surface area contributed by atoms with Crippen LogP contribution in [-0.4, -0.2) is 22.1 Å². The summed E-state index contributed by atoms with van der Waals surface area (Å²) in [6, 6.07) is 13.0. The molecule has 1 amide bonds. The molecule has 0 aliphatic heterocycles. The maximum absolute atomic E-state index is 12.1. The van der Waals surface area contributed by atoms with Crippen LogP contribution in [0.4, 0.5) is 5.69 Å². The Morgan fingerprint density at radius 3 is 2.33 bits per heavy atom. The Bertz CT molecular complexity index is 650. The molecule has 2 rings (SSSR count). The molecule has 0 saturated heterocycles. The number of carboxylic acid groups (broad SMARTS) is 1. The highest BCUT2D eigenvalue weighted by Gasteiger charge is 2.09. The summed E-state index contributed by atoms with van der Waals surface area (Å²) in [7, 11) is 0. The molecule has 0 aromatic heterocycles. The zero-order chi connectivity index (χ0) is 15.2. The first-order valence-corrected chi connectivity index (χ1v) is 6.46. The van der Waals surface area contributed by atoms with Crippen LogP contribution >= 0.6 is 0 Å². The Morgan fingerprint density at radius 2 is 1.67 bits per heavy atom. The molecule has 5 nitrogen and oxygen atoms in total. The highest BCUT2D eigenvalue weighted by atomic mass is 16.4. The first kappa shape index (κ1) is 14.6. The number of rotatable bonds is 5. The largest absolute Gasteiger partial charge is 0.508 e. The van der Waals surface area contributed by atoms with E-state index < -0.39 is 5.97 Å². The minimum absolute atomic E-state index is 0.00604. The molecule has 0 atom stereocenters. The van der Waals surface area contributed by atoms with Crippen LogP contribution in [0.2, 0.25) is 0 Å². The fourth-order valence-electron chi connectivity index (χ4n) is 1.91. The Kier molecular flexibility index (Phi) is 4.56. The molecule has 108 valence electrons. The van der Waals surface area contributed by atoms with Crippen LogP contribution in [0.5, 0.6) is 5.75 Å². The topological polar surface area (TPSA) is 86.6 Å². The third-order valence-corrected chi connectivity index (χ3v) is 3.00. The van der Waals surface area contributed by atoms with Crippen molar-refractivity contribution in [2.45, 2.75) is 12.8 Å². The second-order valence-corrected chi connectivity index (χ2v) is 4.55. The number of amides is 1. The fraction of sp³-hybridized carbons (Fsp3) is 0.125. The van der Waals surface area contributed by atoms with Gasteiger partial charge >= 0.3 is 5.97 Å². The van der Waals surface area contributed by atoms with Gasteiger partial charge in [-0.1, -0.05) is 18.2 Å². The average molecular weight is 285 g/mol. The highest BCUT2D eigenvalue weighted by molar-refractivity contribution is 6.04. The van der Waals surface area contributed by atoms with Crippen LogP contribution in [-0.2, 0) is 11.2 Å². The van der Waals surface area contributed by atoms with Gasteiger partial charge in [-0.2, -0.15) is 0 Å². The number of anilines is 1. The number of carbonyl (C=O) groups is 2. The van der Waals surface area contributed by atoms with Gasteiger partial charge in [0, 0.05) is 17.7 Å². The van der Waals surface area contributed by atoms with Gasteiger partial charge in [0.25, 0.3) is 5.91 Å². The molecule has 0 unspecified atom stereocenters. The number of aromatic hydroxyl groups is 1. The molecular weight excluding hydrogens is 270 g/mol. The molecule has 0 saturated carbocycles. The molecule has 0 fully saturated rings. The molecule has 0 bridgehead atoms. The van der Waals surface area contributed by atoms with E-state index in [1.807, 2.05) is 0 Å². The van der Waals surface area contributed by atoms with Gasteiger partial charge in [-0.25, -0.2) is 0 Å². The Hall–Kier alpha value is -2.82. The van der Waals surface area contributed by atoms with Crippen molar-refractivity contribution < 1.29 is 19.8 Å². The van der Waals surface area contributed by atoms with Crippen molar-refractivity contribution in [2.75, 3.05) is 5.32 Å². The normalized spacial score (nSPS) is 10.1. The number of aliphatic carboxylic acids is 1. The number of phenols is 1. The molecule has 2 aromatic carbocycles. The van der Waals surface area contributed by atoms with E-state index in [4.69, 9.17) is 5.11 Å². The average Bonchev–Trinajstić information content (AvgIpc) is 2.47. The maximum Gasteiger partial charge on any atom is 0.303 e. The van der Waals surface area contributed by atoms with Crippen molar-refractivity contribution in [3.05, 3.63) is 59.7 Å². The van der Waals surface area contributed by atoms with Crippen molar-refractivity contribution in [3.8, 4) is 5.75 Å². The molecule has 0 spiro atoms. The summed E-state index contributed by atoms with van der Waals surface area (Å²) >= 11 is 0. The molecule has 0 aliphatic rings. The number of carboxylic acids is 1. The van der Waals surface area contributed by atoms with Crippen molar-refractivity contribution in [3.63, 3.8) is 0 Å².